The monoisotopic (exact) mass is 288 g/mol. The van der Waals surface area contributed by atoms with Crippen molar-refractivity contribution in [2.45, 2.75) is 32.3 Å². The van der Waals surface area contributed by atoms with E-state index in [1.54, 1.807) is 7.11 Å². The highest BCUT2D eigenvalue weighted by molar-refractivity contribution is 5.97. The molecule has 3 rings (SSSR count). The molecule has 0 spiro atoms. The van der Waals surface area contributed by atoms with Gasteiger partial charge in [0.25, 0.3) is 5.91 Å². The third kappa shape index (κ3) is 2.77. The number of methoxy groups -OCH3 is 1. The third-order valence-electron chi connectivity index (χ3n) is 4.80. The quantitative estimate of drug-likeness (QED) is 0.909. The van der Waals surface area contributed by atoms with Crippen molar-refractivity contribution in [2.75, 3.05) is 32.1 Å². The topological polar surface area (TPSA) is 41.6 Å². The third-order valence-corrected chi connectivity index (χ3v) is 4.80. The summed E-state index contributed by atoms with van der Waals surface area (Å²) in [5.41, 5.74) is 3.17. The van der Waals surface area contributed by atoms with Gasteiger partial charge in [-0.25, -0.2) is 0 Å². The molecule has 4 nitrogen and oxygen atoms in total. The molecule has 0 aliphatic carbocycles. The van der Waals surface area contributed by atoms with E-state index >= 15 is 0 Å². The molecule has 1 aromatic carbocycles. The Balaban J connectivity index is 1.82. The van der Waals surface area contributed by atoms with Crippen LogP contribution < -0.4 is 5.32 Å². The number of anilines is 1. The Bertz CT molecular complexity index is 530. The minimum atomic E-state index is 0.153. The van der Waals surface area contributed by atoms with Crippen LogP contribution in [0.2, 0.25) is 0 Å². The maximum atomic E-state index is 12.9. The molecule has 0 bridgehead atoms. The first kappa shape index (κ1) is 14.4. The Morgan fingerprint density at radius 3 is 3.10 bits per heavy atom. The number of carbonyl (C=O) groups excluding carboxylic acids is 1. The lowest BCUT2D eigenvalue weighted by Crippen LogP contribution is -2.46. The van der Waals surface area contributed by atoms with Crippen LogP contribution in [0, 0.1) is 5.92 Å². The average Bonchev–Trinajstić information content (AvgIpc) is 2.54. The van der Waals surface area contributed by atoms with E-state index in [0.29, 0.717) is 12.5 Å². The van der Waals surface area contributed by atoms with Crippen molar-refractivity contribution < 1.29 is 9.53 Å². The van der Waals surface area contributed by atoms with Crippen molar-refractivity contribution in [3.8, 4) is 0 Å². The zero-order valence-electron chi connectivity index (χ0n) is 12.9. The molecule has 2 heterocycles. The van der Waals surface area contributed by atoms with Gasteiger partial charge in [-0.05, 0) is 42.9 Å². The van der Waals surface area contributed by atoms with Gasteiger partial charge in [0, 0.05) is 38.0 Å². The summed E-state index contributed by atoms with van der Waals surface area (Å²) < 4.78 is 5.53. The van der Waals surface area contributed by atoms with Crippen LogP contribution in [0.3, 0.4) is 0 Å². The first-order chi connectivity index (χ1) is 10.2. The Labute approximate surface area is 126 Å². The first-order valence-electron chi connectivity index (χ1n) is 7.88. The number of hydrogen-bond acceptors (Lipinski definition) is 3. The molecule has 114 valence electrons. The van der Waals surface area contributed by atoms with E-state index in [0.717, 1.165) is 43.6 Å². The van der Waals surface area contributed by atoms with Crippen LogP contribution in [0.15, 0.2) is 18.2 Å². The predicted molar refractivity (Wildman–Crippen MR) is 83.7 cm³/mol. The maximum absolute atomic E-state index is 12.9. The summed E-state index contributed by atoms with van der Waals surface area (Å²) >= 11 is 0. The van der Waals surface area contributed by atoms with E-state index in [1.165, 1.54) is 5.56 Å². The molecule has 2 aliphatic rings. The Morgan fingerprint density at radius 1 is 1.43 bits per heavy atom. The second-order valence-electron chi connectivity index (χ2n) is 6.15. The lowest BCUT2D eigenvalue weighted by Gasteiger charge is -2.36. The van der Waals surface area contributed by atoms with Gasteiger partial charge in [-0.1, -0.05) is 13.0 Å². The van der Waals surface area contributed by atoms with Crippen LogP contribution in [-0.4, -0.2) is 43.7 Å². The average molecular weight is 288 g/mol. The molecule has 0 aromatic heterocycles. The largest absolute Gasteiger partial charge is 0.385 e. The standard InChI is InChI=1S/C17H24N2O2/c1-12-8-10-19(11-16(12)21-2)17(20)14-5-3-7-15-13(14)6-4-9-18-15/h3,5,7,12,16,18H,4,6,8-11H2,1-2H3. The number of piperidine rings is 1. The molecule has 2 aliphatic heterocycles. The zero-order valence-corrected chi connectivity index (χ0v) is 12.9. The fourth-order valence-electron chi connectivity index (χ4n) is 3.41. The van der Waals surface area contributed by atoms with E-state index in [9.17, 15) is 4.79 Å². The number of hydrogen-bond donors (Lipinski definition) is 1. The van der Waals surface area contributed by atoms with Crippen molar-refractivity contribution in [3.63, 3.8) is 0 Å². The smallest absolute Gasteiger partial charge is 0.254 e. The highest BCUT2D eigenvalue weighted by Gasteiger charge is 2.30. The van der Waals surface area contributed by atoms with Crippen molar-refractivity contribution in [3.05, 3.63) is 29.3 Å². The highest BCUT2D eigenvalue weighted by atomic mass is 16.5. The van der Waals surface area contributed by atoms with Crippen molar-refractivity contribution in [1.29, 1.82) is 0 Å². The SMILES string of the molecule is COC1CN(C(=O)c2cccc3c2CCCN3)CCC1C. The number of benzene rings is 1. The predicted octanol–water partition coefficient (Wildman–Crippen LogP) is 2.54. The minimum Gasteiger partial charge on any atom is -0.385 e. The molecule has 2 atom stereocenters. The second-order valence-corrected chi connectivity index (χ2v) is 6.15. The number of ether oxygens (including phenoxy) is 1. The van der Waals surface area contributed by atoms with Gasteiger partial charge < -0.3 is 15.0 Å². The van der Waals surface area contributed by atoms with E-state index < -0.39 is 0 Å². The summed E-state index contributed by atoms with van der Waals surface area (Å²) in [4.78, 5) is 14.8. The number of fused-ring (bicyclic) bond motifs is 1. The minimum absolute atomic E-state index is 0.153. The summed E-state index contributed by atoms with van der Waals surface area (Å²) in [6.07, 6.45) is 3.25. The number of nitrogens with one attached hydrogen (secondary N) is 1. The molecule has 1 amide bonds. The van der Waals surface area contributed by atoms with Crippen LogP contribution in [0.25, 0.3) is 0 Å². The summed E-state index contributed by atoms with van der Waals surface area (Å²) in [6, 6.07) is 6.01. The van der Waals surface area contributed by atoms with Gasteiger partial charge in [0.2, 0.25) is 0 Å². The van der Waals surface area contributed by atoms with Gasteiger partial charge in [0.05, 0.1) is 6.10 Å². The molecular formula is C17H24N2O2. The Kier molecular flexibility index (Phi) is 4.15. The van der Waals surface area contributed by atoms with Crippen molar-refractivity contribution >= 4 is 11.6 Å². The molecule has 1 fully saturated rings. The normalized spacial score (nSPS) is 25.1. The summed E-state index contributed by atoms with van der Waals surface area (Å²) in [5.74, 6) is 0.676. The molecular weight excluding hydrogens is 264 g/mol. The number of likely N-dealkylation sites (tertiary alicyclic amines) is 1. The number of amides is 1. The molecule has 1 N–H and O–H groups in total. The Hall–Kier alpha value is -1.55. The van der Waals surface area contributed by atoms with E-state index in [1.807, 2.05) is 17.0 Å². The van der Waals surface area contributed by atoms with Crippen LogP contribution in [0.4, 0.5) is 5.69 Å². The molecule has 21 heavy (non-hydrogen) atoms. The van der Waals surface area contributed by atoms with Gasteiger partial charge in [-0.3, -0.25) is 4.79 Å². The Morgan fingerprint density at radius 2 is 2.29 bits per heavy atom. The molecule has 4 heteroatoms. The van der Waals surface area contributed by atoms with Gasteiger partial charge in [-0.15, -0.1) is 0 Å². The number of carbonyl (C=O) groups is 1. The fourth-order valence-corrected chi connectivity index (χ4v) is 3.41. The molecule has 0 radical (unpaired) electrons. The van der Waals surface area contributed by atoms with Crippen LogP contribution in [0.5, 0.6) is 0 Å². The summed E-state index contributed by atoms with van der Waals surface area (Å²) in [7, 11) is 1.74. The summed E-state index contributed by atoms with van der Waals surface area (Å²) in [5, 5.41) is 3.39. The maximum Gasteiger partial charge on any atom is 0.254 e. The van der Waals surface area contributed by atoms with E-state index in [4.69, 9.17) is 4.74 Å². The molecule has 0 saturated carbocycles. The van der Waals surface area contributed by atoms with E-state index in [-0.39, 0.29) is 12.0 Å². The lowest BCUT2D eigenvalue weighted by molar-refractivity contribution is -0.00160. The van der Waals surface area contributed by atoms with Crippen molar-refractivity contribution in [2.24, 2.45) is 5.92 Å². The van der Waals surface area contributed by atoms with Gasteiger partial charge in [0.15, 0.2) is 0 Å². The van der Waals surface area contributed by atoms with Gasteiger partial charge >= 0.3 is 0 Å². The number of rotatable bonds is 2. The highest BCUT2D eigenvalue weighted by Crippen LogP contribution is 2.28. The second kappa shape index (κ2) is 6.06. The van der Waals surface area contributed by atoms with Crippen molar-refractivity contribution in [1.82, 2.24) is 4.90 Å². The van der Waals surface area contributed by atoms with E-state index in [2.05, 4.69) is 18.3 Å². The van der Waals surface area contributed by atoms with Gasteiger partial charge in [0.1, 0.15) is 0 Å². The van der Waals surface area contributed by atoms with Crippen LogP contribution in [0.1, 0.15) is 35.7 Å². The van der Waals surface area contributed by atoms with Crippen LogP contribution in [-0.2, 0) is 11.2 Å². The first-order valence-corrected chi connectivity index (χ1v) is 7.88. The summed E-state index contributed by atoms with van der Waals surface area (Å²) in [6.45, 7) is 4.73. The lowest BCUT2D eigenvalue weighted by atomic mass is 9.93. The fraction of sp³-hybridized carbons (Fsp3) is 0.588. The molecule has 1 aromatic rings. The molecule has 1 saturated heterocycles. The van der Waals surface area contributed by atoms with Crippen LogP contribution >= 0.6 is 0 Å². The molecule has 2 unspecified atom stereocenters. The zero-order chi connectivity index (χ0) is 14.8. The van der Waals surface area contributed by atoms with Gasteiger partial charge in [-0.2, -0.15) is 0 Å². The number of nitrogens with zero attached hydrogens (tertiary/aromatic N) is 1.